The number of rotatable bonds is 3. The molecule has 0 spiro atoms. The van der Waals surface area contributed by atoms with E-state index in [1.165, 1.54) is 6.07 Å². The van der Waals surface area contributed by atoms with Gasteiger partial charge in [-0.15, -0.1) is 5.11 Å². The first-order valence-corrected chi connectivity index (χ1v) is 6.78. The first-order valence-electron chi connectivity index (χ1n) is 6.41. The highest BCUT2D eigenvalue weighted by Gasteiger charge is 2.12. The molecule has 3 aromatic rings. The second-order valence-electron chi connectivity index (χ2n) is 4.53. The highest BCUT2D eigenvalue weighted by molar-refractivity contribution is 6.30. The molecule has 110 valence electrons. The summed E-state index contributed by atoms with van der Waals surface area (Å²) in [5.74, 6) is 0.0947. The molecule has 1 aromatic heterocycles. The van der Waals surface area contributed by atoms with Crippen LogP contribution in [0.4, 0.5) is 11.4 Å². The second kappa shape index (κ2) is 5.87. The van der Waals surface area contributed by atoms with Gasteiger partial charge in [0.15, 0.2) is 5.69 Å². The smallest absolute Gasteiger partial charge is 0.292 e. The molecule has 0 fully saturated rings. The van der Waals surface area contributed by atoms with Crippen molar-refractivity contribution >= 4 is 23.0 Å². The van der Waals surface area contributed by atoms with E-state index < -0.39 is 5.56 Å². The Morgan fingerprint density at radius 2 is 1.82 bits per heavy atom. The minimum absolute atomic E-state index is 0.0947. The maximum atomic E-state index is 11.9. The summed E-state index contributed by atoms with van der Waals surface area (Å²) < 4.78 is 0. The maximum absolute atomic E-state index is 11.9. The highest BCUT2D eigenvalue weighted by atomic mass is 35.5. The number of azo groups is 1. The van der Waals surface area contributed by atoms with E-state index in [1.807, 2.05) is 0 Å². The number of phenolic OH excluding ortho intramolecular Hbond substituents is 1. The average molecular weight is 315 g/mol. The lowest BCUT2D eigenvalue weighted by Gasteiger charge is -1.99. The third-order valence-corrected chi connectivity index (χ3v) is 3.20. The van der Waals surface area contributed by atoms with Crippen molar-refractivity contribution in [1.29, 1.82) is 0 Å². The number of nitrogens with one attached hydrogen (secondary N) is 2. The van der Waals surface area contributed by atoms with Crippen molar-refractivity contribution in [3.63, 3.8) is 0 Å². The number of aromatic hydroxyl groups is 1. The molecule has 0 atom stereocenters. The van der Waals surface area contributed by atoms with Gasteiger partial charge >= 0.3 is 0 Å². The van der Waals surface area contributed by atoms with Gasteiger partial charge in [0.05, 0.1) is 11.4 Å². The van der Waals surface area contributed by atoms with Crippen molar-refractivity contribution in [2.75, 3.05) is 0 Å². The first-order chi connectivity index (χ1) is 10.6. The van der Waals surface area contributed by atoms with E-state index in [4.69, 9.17) is 11.6 Å². The monoisotopic (exact) mass is 314 g/mol. The topological polar surface area (TPSA) is 93.6 Å². The van der Waals surface area contributed by atoms with Crippen LogP contribution in [0.1, 0.15) is 0 Å². The van der Waals surface area contributed by atoms with Gasteiger partial charge in [-0.25, -0.2) is 0 Å². The molecule has 3 rings (SSSR count). The van der Waals surface area contributed by atoms with Crippen molar-refractivity contribution in [1.82, 2.24) is 10.2 Å². The SMILES string of the molecule is O=c1[nH][nH]c(-c2cccc(O)c2)c1N=Nc1cccc(Cl)c1. The molecular weight excluding hydrogens is 304 g/mol. The van der Waals surface area contributed by atoms with Crippen LogP contribution in [0.3, 0.4) is 0 Å². The van der Waals surface area contributed by atoms with Crippen molar-refractivity contribution in [2.45, 2.75) is 0 Å². The number of phenols is 1. The minimum Gasteiger partial charge on any atom is -0.508 e. The fraction of sp³-hybridized carbons (Fsp3) is 0. The van der Waals surface area contributed by atoms with Crippen molar-refractivity contribution in [3.05, 3.63) is 63.9 Å². The number of aromatic amines is 2. The van der Waals surface area contributed by atoms with Crippen LogP contribution < -0.4 is 5.56 Å². The molecule has 7 heteroatoms. The third-order valence-electron chi connectivity index (χ3n) is 2.96. The molecule has 0 aliphatic carbocycles. The number of nitrogens with zero attached hydrogens (tertiary/aromatic N) is 2. The molecular formula is C15H11ClN4O2. The summed E-state index contributed by atoms with van der Waals surface area (Å²) in [7, 11) is 0. The van der Waals surface area contributed by atoms with Gasteiger partial charge in [0.2, 0.25) is 0 Å². The van der Waals surface area contributed by atoms with Gasteiger partial charge in [-0.3, -0.25) is 15.0 Å². The Balaban J connectivity index is 2.01. The molecule has 6 nitrogen and oxygen atoms in total. The molecule has 0 amide bonds. The van der Waals surface area contributed by atoms with Gasteiger partial charge in [-0.2, -0.15) is 5.11 Å². The Hall–Kier alpha value is -2.86. The van der Waals surface area contributed by atoms with Gasteiger partial charge < -0.3 is 5.11 Å². The normalized spacial score (nSPS) is 11.1. The Morgan fingerprint density at radius 1 is 1.00 bits per heavy atom. The van der Waals surface area contributed by atoms with Crippen molar-refractivity contribution < 1.29 is 5.11 Å². The summed E-state index contributed by atoms with van der Waals surface area (Å²) in [4.78, 5) is 11.9. The number of hydrogen-bond donors (Lipinski definition) is 3. The third kappa shape index (κ3) is 2.91. The summed E-state index contributed by atoms with van der Waals surface area (Å²) in [5.41, 5.74) is 1.34. The lowest BCUT2D eigenvalue weighted by atomic mass is 10.1. The summed E-state index contributed by atoms with van der Waals surface area (Å²) in [6.45, 7) is 0. The summed E-state index contributed by atoms with van der Waals surface area (Å²) in [6.07, 6.45) is 0. The van der Waals surface area contributed by atoms with Gasteiger partial charge in [-0.1, -0.05) is 29.8 Å². The molecule has 0 saturated heterocycles. The maximum Gasteiger partial charge on any atom is 0.292 e. The average Bonchev–Trinajstić information content (AvgIpc) is 2.86. The van der Waals surface area contributed by atoms with Crippen LogP contribution >= 0.6 is 11.6 Å². The molecule has 0 aliphatic rings. The quantitative estimate of drug-likeness (QED) is 0.633. The zero-order valence-corrected chi connectivity index (χ0v) is 12.0. The number of H-pyrrole nitrogens is 2. The fourth-order valence-corrected chi connectivity index (χ4v) is 2.15. The van der Waals surface area contributed by atoms with Crippen LogP contribution in [-0.2, 0) is 0 Å². The lowest BCUT2D eigenvalue weighted by molar-refractivity contribution is 0.475. The minimum atomic E-state index is -0.399. The van der Waals surface area contributed by atoms with E-state index in [1.54, 1.807) is 42.5 Å². The molecule has 0 aliphatic heterocycles. The van der Waals surface area contributed by atoms with E-state index in [-0.39, 0.29) is 11.4 Å². The Kier molecular flexibility index (Phi) is 3.76. The van der Waals surface area contributed by atoms with Crippen LogP contribution in [0.5, 0.6) is 5.75 Å². The van der Waals surface area contributed by atoms with Gasteiger partial charge in [0, 0.05) is 10.6 Å². The van der Waals surface area contributed by atoms with Crippen LogP contribution in [0.2, 0.25) is 5.02 Å². The van der Waals surface area contributed by atoms with Crippen LogP contribution in [0, 0.1) is 0 Å². The van der Waals surface area contributed by atoms with E-state index in [0.29, 0.717) is 22.0 Å². The van der Waals surface area contributed by atoms with Gasteiger partial charge in [-0.05, 0) is 30.3 Å². The predicted molar refractivity (Wildman–Crippen MR) is 84.1 cm³/mol. The summed E-state index contributed by atoms with van der Waals surface area (Å²) in [6, 6.07) is 13.3. The summed E-state index contributed by atoms with van der Waals surface area (Å²) >= 11 is 5.88. The summed E-state index contributed by atoms with van der Waals surface area (Å²) in [5, 5.41) is 23.3. The zero-order valence-electron chi connectivity index (χ0n) is 11.2. The van der Waals surface area contributed by atoms with Gasteiger partial charge in [0.25, 0.3) is 5.56 Å². The number of hydrogen-bond acceptors (Lipinski definition) is 4. The molecule has 1 heterocycles. The number of aromatic nitrogens is 2. The fourth-order valence-electron chi connectivity index (χ4n) is 1.96. The van der Waals surface area contributed by atoms with Gasteiger partial charge in [0.1, 0.15) is 5.75 Å². The zero-order chi connectivity index (χ0) is 15.5. The van der Waals surface area contributed by atoms with E-state index in [9.17, 15) is 9.90 Å². The molecule has 22 heavy (non-hydrogen) atoms. The Bertz CT molecular complexity index is 898. The van der Waals surface area contributed by atoms with E-state index in [0.717, 1.165) is 0 Å². The second-order valence-corrected chi connectivity index (χ2v) is 4.97. The largest absolute Gasteiger partial charge is 0.508 e. The van der Waals surface area contributed by atoms with Crippen molar-refractivity contribution in [2.24, 2.45) is 10.2 Å². The standard InChI is InChI=1S/C15H11ClN4O2/c16-10-4-2-5-11(8-10)17-19-14-13(18-20-15(14)22)9-3-1-6-12(21)7-9/h1-8,21H,(H2,18,20,22). The predicted octanol–water partition coefficient (Wildman–Crippen LogP) is 4.14. The molecule has 0 unspecified atom stereocenters. The van der Waals surface area contributed by atoms with E-state index >= 15 is 0 Å². The lowest BCUT2D eigenvalue weighted by Crippen LogP contribution is -1.96. The molecule has 0 bridgehead atoms. The molecule has 3 N–H and O–H groups in total. The van der Waals surface area contributed by atoms with Crippen molar-refractivity contribution in [3.8, 4) is 17.0 Å². The Labute approximate surface area is 130 Å². The van der Waals surface area contributed by atoms with E-state index in [2.05, 4.69) is 20.4 Å². The molecule has 2 aromatic carbocycles. The number of halogens is 1. The highest BCUT2D eigenvalue weighted by Crippen LogP contribution is 2.28. The van der Waals surface area contributed by atoms with Crippen LogP contribution in [0.25, 0.3) is 11.3 Å². The van der Waals surface area contributed by atoms with Crippen LogP contribution in [0.15, 0.2) is 63.6 Å². The molecule has 0 saturated carbocycles. The Morgan fingerprint density at radius 3 is 2.59 bits per heavy atom. The first kappa shape index (κ1) is 14.1. The molecule has 0 radical (unpaired) electrons. The number of benzene rings is 2. The van der Waals surface area contributed by atoms with Crippen LogP contribution in [-0.4, -0.2) is 15.3 Å².